The van der Waals surface area contributed by atoms with E-state index in [1.807, 2.05) is 13.0 Å². The Bertz CT molecular complexity index is 929. The summed E-state index contributed by atoms with van der Waals surface area (Å²) in [5.41, 5.74) is 7.16. The molecule has 0 bridgehead atoms. The summed E-state index contributed by atoms with van der Waals surface area (Å²) in [6, 6.07) is 9.69. The fourth-order valence-electron chi connectivity index (χ4n) is 2.39. The maximum absolute atomic E-state index is 13.0. The molecule has 0 unspecified atom stereocenters. The molecule has 0 aliphatic carbocycles. The fourth-order valence-corrected chi connectivity index (χ4v) is 3.64. The Morgan fingerprint density at radius 3 is 2.63 bits per heavy atom. The number of halogens is 2. The Kier molecular flexibility index (Phi) is 6.18. The predicted octanol–water partition coefficient (Wildman–Crippen LogP) is 4.49. The molecule has 1 aliphatic heterocycles. The number of ether oxygens (including phenoxy) is 2. The second-order valence-corrected chi connectivity index (χ2v) is 7.46. The highest BCUT2D eigenvalue weighted by Gasteiger charge is 2.20. The molecule has 0 spiro atoms. The van der Waals surface area contributed by atoms with Crippen molar-refractivity contribution in [1.82, 2.24) is 0 Å². The molecule has 1 heterocycles. The van der Waals surface area contributed by atoms with Crippen molar-refractivity contribution in [3.8, 4) is 11.5 Å². The lowest BCUT2D eigenvalue weighted by atomic mass is 10.1. The van der Waals surface area contributed by atoms with E-state index in [2.05, 4.69) is 20.9 Å². The number of carbonyl (C=O) groups is 1. The van der Waals surface area contributed by atoms with Crippen LogP contribution in [0.2, 0.25) is 0 Å². The Morgan fingerprint density at radius 2 is 2.00 bits per heavy atom. The van der Waals surface area contributed by atoms with Crippen molar-refractivity contribution >= 4 is 44.8 Å². The maximum Gasteiger partial charge on any atom is 0.286 e. The van der Waals surface area contributed by atoms with Gasteiger partial charge in [0.25, 0.3) is 5.91 Å². The lowest BCUT2D eigenvalue weighted by Gasteiger charge is -2.15. The van der Waals surface area contributed by atoms with Crippen molar-refractivity contribution in [1.29, 1.82) is 0 Å². The molecule has 1 aliphatic rings. The number of hydrogen-bond donors (Lipinski definition) is 1. The smallest absolute Gasteiger partial charge is 0.286 e. The van der Waals surface area contributed by atoms with E-state index in [0.717, 1.165) is 22.9 Å². The summed E-state index contributed by atoms with van der Waals surface area (Å²) in [6.45, 7) is 2.58. The van der Waals surface area contributed by atoms with Gasteiger partial charge in [0.1, 0.15) is 12.4 Å². The molecule has 2 aromatic carbocycles. The van der Waals surface area contributed by atoms with Crippen molar-refractivity contribution < 1.29 is 18.7 Å². The number of thioether (sulfide) groups is 1. The van der Waals surface area contributed by atoms with Gasteiger partial charge in [-0.3, -0.25) is 4.79 Å². The van der Waals surface area contributed by atoms with Crippen LogP contribution in [0.3, 0.4) is 0 Å². The number of amidine groups is 1. The molecular formula is C19H16BrFN2O3S. The molecule has 3 rings (SSSR count). The van der Waals surface area contributed by atoms with E-state index in [1.165, 1.54) is 12.1 Å². The third-order valence-electron chi connectivity index (χ3n) is 3.56. The van der Waals surface area contributed by atoms with Crippen LogP contribution in [0.4, 0.5) is 4.39 Å². The van der Waals surface area contributed by atoms with Gasteiger partial charge in [0.15, 0.2) is 16.7 Å². The third-order valence-corrected chi connectivity index (χ3v) is 4.96. The Morgan fingerprint density at radius 1 is 1.26 bits per heavy atom. The normalized spacial score (nSPS) is 15.1. The first-order chi connectivity index (χ1) is 13.0. The average Bonchev–Trinajstić information content (AvgIpc) is 2.93. The zero-order valence-electron chi connectivity index (χ0n) is 14.4. The zero-order chi connectivity index (χ0) is 19.4. The topological polar surface area (TPSA) is 73.9 Å². The summed E-state index contributed by atoms with van der Waals surface area (Å²) in [6.07, 6.45) is 1.70. The molecule has 0 aromatic heterocycles. The van der Waals surface area contributed by atoms with Gasteiger partial charge in [-0.25, -0.2) is 4.39 Å². The average molecular weight is 451 g/mol. The Hall–Kier alpha value is -2.32. The van der Waals surface area contributed by atoms with Gasteiger partial charge in [0, 0.05) is 0 Å². The quantitative estimate of drug-likeness (QED) is 0.655. The number of nitrogens with zero attached hydrogens (tertiary/aromatic N) is 1. The van der Waals surface area contributed by atoms with Crippen molar-refractivity contribution in [2.24, 2.45) is 10.7 Å². The van der Waals surface area contributed by atoms with Crippen molar-refractivity contribution in [3.05, 3.63) is 62.7 Å². The largest absolute Gasteiger partial charge is 0.490 e. The maximum atomic E-state index is 13.0. The number of nitrogens with two attached hydrogens (primary N) is 1. The van der Waals surface area contributed by atoms with Gasteiger partial charge in [-0.1, -0.05) is 12.1 Å². The van der Waals surface area contributed by atoms with E-state index in [-0.39, 0.29) is 23.5 Å². The summed E-state index contributed by atoms with van der Waals surface area (Å²) in [5, 5.41) is 0.231. The molecule has 5 nitrogen and oxygen atoms in total. The van der Waals surface area contributed by atoms with E-state index >= 15 is 0 Å². The van der Waals surface area contributed by atoms with Crippen LogP contribution in [0.1, 0.15) is 18.1 Å². The molecule has 27 heavy (non-hydrogen) atoms. The molecular weight excluding hydrogens is 435 g/mol. The third kappa shape index (κ3) is 4.90. The number of rotatable bonds is 6. The van der Waals surface area contributed by atoms with Gasteiger partial charge in [-0.05, 0) is 76.1 Å². The summed E-state index contributed by atoms with van der Waals surface area (Å²) >= 11 is 4.62. The summed E-state index contributed by atoms with van der Waals surface area (Å²) < 4.78 is 25.3. The Balaban J connectivity index is 1.85. The number of aliphatic imine (C=N–C) groups is 1. The van der Waals surface area contributed by atoms with E-state index in [0.29, 0.717) is 27.5 Å². The van der Waals surface area contributed by atoms with E-state index < -0.39 is 0 Å². The number of carbonyl (C=O) groups excluding carboxylic acids is 1. The van der Waals surface area contributed by atoms with Crippen molar-refractivity contribution in [3.63, 3.8) is 0 Å². The first-order valence-corrected chi connectivity index (χ1v) is 9.69. The van der Waals surface area contributed by atoms with Crippen LogP contribution in [-0.4, -0.2) is 17.7 Å². The fraction of sp³-hybridized carbons (Fsp3) is 0.158. The van der Waals surface area contributed by atoms with Crippen LogP contribution in [0, 0.1) is 5.82 Å². The zero-order valence-corrected chi connectivity index (χ0v) is 16.8. The second-order valence-electron chi connectivity index (χ2n) is 5.54. The minimum absolute atomic E-state index is 0.231. The van der Waals surface area contributed by atoms with Crippen LogP contribution < -0.4 is 15.2 Å². The standard InChI is InChI=1S/C19H16BrFN2O3S/c1-2-25-15-8-12(9-16-18(24)23-19(22)27-16)7-14(20)17(15)26-10-11-3-5-13(21)6-4-11/h3-9H,2,10H2,1H3,(H2,22,23,24). The highest BCUT2D eigenvalue weighted by molar-refractivity contribution is 9.10. The van der Waals surface area contributed by atoms with Crippen molar-refractivity contribution in [2.75, 3.05) is 6.61 Å². The van der Waals surface area contributed by atoms with Gasteiger partial charge in [0.05, 0.1) is 16.0 Å². The molecule has 140 valence electrons. The predicted molar refractivity (Wildman–Crippen MR) is 108 cm³/mol. The van der Waals surface area contributed by atoms with Gasteiger partial charge in [-0.15, -0.1) is 0 Å². The summed E-state index contributed by atoms with van der Waals surface area (Å²) in [5.74, 6) is 0.411. The molecule has 0 saturated carbocycles. The van der Waals surface area contributed by atoms with Gasteiger partial charge in [-0.2, -0.15) is 4.99 Å². The highest BCUT2D eigenvalue weighted by Crippen LogP contribution is 2.39. The molecule has 0 fully saturated rings. The van der Waals surface area contributed by atoms with E-state index in [4.69, 9.17) is 15.2 Å². The number of hydrogen-bond acceptors (Lipinski definition) is 5. The molecule has 1 amide bonds. The first kappa shape index (κ1) is 19.4. The second kappa shape index (κ2) is 8.58. The molecule has 0 saturated heterocycles. The minimum Gasteiger partial charge on any atom is -0.490 e. The lowest BCUT2D eigenvalue weighted by molar-refractivity contribution is -0.113. The molecule has 2 aromatic rings. The number of benzene rings is 2. The first-order valence-electron chi connectivity index (χ1n) is 8.08. The summed E-state index contributed by atoms with van der Waals surface area (Å²) in [7, 11) is 0. The summed E-state index contributed by atoms with van der Waals surface area (Å²) in [4.78, 5) is 15.9. The van der Waals surface area contributed by atoms with E-state index in [9.17, 15) is 9.18 Å². The van der Waals surface area contributed by atoms with Crippen LogP contribution in [0.5, 0.6) is 11.5 Å². The van der Waals surface area contributed by atoms with Gasteiger partial charge in [0.2, 0.25) is 0 Å². The monoisotopic (exact) mass is 450 g/mol. The highest BCUT2D eigenvalue weighted by atomic mass is 79.9. The lowest BCUT2D eigenvalue weighted by Crippen LogP contribution is -2.01. The van der Waals surface area contributed by atoms with Crippen LogP contribution in [-0.2, 0) is 11.4 Å². The van der Waals surface area contributed by atoms with Gasteiger partial charge >= 0.3 is 0 Å². The van der Waals surface area contributed by atoms with Gasteiger partial charge < -0.3 is 15.2 Å². The SMILES string of the molecule is CCOc1cc(C=C2SC(N)=NC2=O)cc(Br)c1OCc1ccc(F)cc1. The van der Waals surface area contributed by atoms with Crippen molar-refractivity contribution in [2.45, 2.75) is 13.5 Å². The molecule has 0 atom stereocenters. The minimum atomic E-state index is -0.358. The van der Waals surface area contributed by atoms with Crippen LogP contribution >= 0.6 is 27.7 Å². The molecule has 8 heteroatoms. The van der Waals surface area contributed by atoms with Crippen LogP contribution in [0.15, 0.2) is 50.8 Å². The van der Waals surface area contributed by atoms with Crippen LogP contribution in [0.25, 0.3) is 6.08 Å². The van der Waals surface area contributed by atoms with E-state index in [1.54, 1.807) is 24.3 Å². The molecule has 2 N–H and O–H groups in total. The number of amides is 1. The molecule has 0 radical (unpaired) electrons. The Labute approximate surface area is 168 Å².